The van der Waals surface area contributed by atoms with Crippen molar-refractivity contribution in [3.8, 4) is 0 Å². The fourth-order valence-corrected chi connectivity index (χ4v) is 3.81. The van der Waals surface area contributed by atoms with Crippen molar-refractivity contribution >= 4 is 52.1 Å². The summed E-state index contributed by atoms with van der Waals surface area (Å²) in [6.45, 7) is 1.92. The molecule has 2 aromatic rings. The first-order valence-corrected chi connectivity index (χ1v) is 7.41. The lowest BCUT2D eigenvalue weighted by atomic mass is 10.1. The van der Waals surface area contributed by atoms with Crippen LogP contribution in [0.25, 0.3) is 0 Å². The number of aromatic nitrogens is 1. The molecular formula is C12H7ClN2O2S2. The maximum absolute atomic E-state index is 11.5. The SMILES string of the molecule is Cc1csc(Sc2cc3c(cc2Cl)C(=O)C(=O)N3)n1. The van der Waals surface area contributed by atoms with Crippen molar-refractivity contribution in [2.24, 2.45) is 0 Å². The standard InChI is InChI=1S/C12H7ClN2O2S2/c1-5-4-18-12(14-5)19-9-3-8-6(2-7(9)13)10(16)11(17)15-8/h2-4H,1H3,(H,15,16,17). The smallest absolute Gasteiger partial charge is 0.296 e. The summed E-state index contributed by atoms with van der Waals surface area (Å²) < 4.78 is 0.870. The summed E-state index contributed by atoms with van der Waals surface area (Å²) in [6, 6.07) is 3.24. The number of Topliss-reactive ketones (excluding diaryl/α,β-unsaturated/α-hetero) is 1. The van der Waals surface area contributed by atoms with Crippen LogP contribution in [0, 0.1) is 6.92 Å². The molecule has 1 amide bonds. The van der Waals surface area contributed by atoms with Crippen LogP contribution in [-0.2, 0) is 4.79 Å². The highest BCUT2D eigenvalue weighted by atomic mass is 35.5. The monoisotopic (exact) mass is 310 g/mol. The Morgan fingerprint density at radius 3 is 2.84 bits per heavy atom. The van der Waals surface area contributed by atoms with Gasteiger partial charge >= 0.3 is 0 Å². The molecule has 1 aliphatic rings. The molecule has 0 radical (unpaired) electrons. The van der Waals surface area contributed by atoms with Gasteiger partial charge in [-0.3, -0.25) is 9.59 Å². The van der Waals surface area contributed by atoms with Gasteiger partial charge in [-0.25, -0.2) is 4.98 Å². The van der Waals surface area contributed by atoms with Gasteiger partial charge in [0.25, 0.3) is 11.7 Å². The normalized spacial score (nSPS) is 13.6. The molecule has 3 rings (SSSR count). The molecule has 96 valence electrons. The first-order valence-electron chi connectivity index (χ1n) is 5.34. The molecule has 1 N–H and O–H groups in total. The third kappa shape index (κ3) is 2.27. The Labute approximate surface area is 122 Å². The third-order valence-electron chi connectivity index (χ3n) is 2.57. The average Bonchev–Trinajstić information content (AvgIpc) is 2.87. The lowest BCUT2D eigenvalue weighted by molar-refractivity contribution is -0.112. The highest BCUT2D eigenvalue weighted by molar-refractivity contribution is 8.01. The van der Waals surface area contributed by atoms with Gasteiger partial charge in [-0.15, -0.1) is 11.3 Å². The largest absolute Gasteiger partial charge is 0.318 e. The topological polar surface area (TPSA) is 59.1 Å². The molecule has 19 heavy (non-hydrogen) atoms. The van der Waals surface area contributed by atoms with E-state index in [4.69, 9.17) is 11.6 Å². The average molecular weight is 311 g/mol. The summed E-state index contributed by atoms with van der Waals surface area (Å²) in [7, 11) is 0. The van der Waals surface area contributed by atoms with Gasteiger partial charge in [-0.05, 0) is 19.1 Å². The number of nitrogens with zero attached hydrogens (tertiary/aromatic N) is 1. The number of benzene rings is 1. The minimum atomic E-state index is -0.613. The van der Waals surface area contributed by atoms with Crippen molar-refractivity contribution in [1.82, 2.24) is 4.98 Å². The van der Waals surface area contributed by atoms with Crippen LogP contribution in [0.2, 0.25) is 5.02 Å². The van der Waals surface area contributed by atoms with E-state index < -0.39 is 11.7 Å². The first kappa shape index (κ1) is 12.7. The molecule has 7 heteroatoms. The van der Waals surface area contributed by atoms with Crippen LogP contribution >= 0.6 is 34.7 Å². The van der Waals surface area contributed by atoms with Gasteiger partial charge in [0.1, 0.15) is 0 Å². The van der Waals surface area contributed by atoms with Gasteiger partial charge in [-0.1, -0.05) is 23.4 Å². The second-order valence-corrected chi connectivity index (χ2v) is 6.52. The van der Waals surface area contributed by atoms with E-state index in [-0.39, 0.29) is 0 Å². The predicted molar refractivity (Wildman–Crippen MR) is 75.4 cm³/mol. The van der Waals surface area contributed by atoms with Crippen molar-refractivity contribution in [3.63, 3.8) is 0 Å². The number of halogens is 1. The molecule has 0 saturated carbocycles. The lowest BCUT2D eigenvalue weighted by Crippen LogP contribution is -2.12. The highest BCUT2D eigenvalue weighted by Crippen LogP contribution is 2.39. The van der Waals surface area contributed by atoms with Crippen LogP contribution in [0.3, 0.4) is 0 Å². The van der Waals surface area contributed by atoms with Crippen molar-refractivity contribution in [3.05, 3.63) is 33.8 Å². The minimum absolute atomic E-state index is 0.328. The van der Waals surface area contributed by atoms with E-state index in [1.165, 1.54) is 29.2 Å². The number of anilines is 1. The second-order valence-electron chi connectivity index (χ2n) is 3.97. The molecule has 0 saturated heterocycles. The summed E-state index contributed by atoms with van der Waals surface area (Å²) in [5.74, 6) is -1.16. The zero-order valence-corrected chi connectivity index (χ0v) is 12.1. The van der Waals surface area contributed by atoms with E-state index in [1.807, 2.05) is 12.3 Å². The molecule has 1 aromatic heterocycles. The van der Waals surface area contributed by atoms with E-state index in [9.17, 15) is 9.59 Å². The molecule has 0 spiro atoms. The van der Waals surface area contributed by atoms with Gasteiger partial charge in [0, 0.05) is 16.0 Å². The summed E-state index contributed by atoms with van der Waals surface area (Å²) in [6.07, 6.45) is 0. The Morgan fingerprint density at radius 1 is 1.37 bits per heavy atom. The quantitative estimate of drug-likeness (QED) is 0.864. The zero-order chi connectivity index (χ0) is 13.6. The number of aryl methyl sites for hydroxylation is 1. The Hall–Kier alpha value is -1.37. The number of carbonyl (C=O) groups is 2. The van der Waals surface area contributed by atoms with Gasteiger partial charge in [0.2, 0.25) is 0 Å². The van der Waals surface area contributed by atoms with E-state index in [0.29, 0.717) is 16.3 Å². The summed E-state index contributed by atoms with van der Waals surface area (Å²) in [4.78, 5) is 27.9. The second kappa shape index (κ2) is 4.63. The number of amides is 1. The highest BCUT2D eigenvalue weighted by Gasteiger charge is 2.29. The Balaban J connectivity index is 1.98. The summed E-state index contributed by atoms with van der Waals surface area (Å²) >= 11 is 9.09. The van der Waals surface area contributed by atoms with E-state index in [0.717, 1.165) is 14.9 Å². The fourth-order valence-electron chi connectivity index (χ4n) is 1.70. The Bertz CT molecular complexity index is 712. The maximum atomic E-state index is 11.5. The van der Waals surface area contributed by atoms with Crippen molar-refractivity contribution < 1.29 is 9.59 Å². The maximum Gasteiger partial charge on any atom is 0.296 e. The summed E-state index contributed by atoms with van der Waals surface area (Å²) in [5, 5.41) is 4.93. The number of hydrogen-bond acceptors (Lipinski definition) is 5. The molecule has 0 bridgehead atoms. The molecule has 2 heterocycles. The third-order valence-corrected chi connectivity index (χ3v) is 5.11. The number of carbonyl (C=O) groups excluding carboxylic acids is 2. The molecule has 0 fully saturated rings. The molecular weight excluding hydrogens is 304 g/mol. The van der Waals surface area contributed by atoms with Gasteiger partial charge in [0.15, 0.2) is 4.34 Å². The molecule has 1 aromatic carbocycles. The molecule has 0 aliphatic carbocycles. The predicted octanol–water partition coefficient (Wildman–Crippen LogP) is 3.39. The van der Waals surface area contributed by atoms with Crippen LogP contribution in [-0.4, -0.2) is 16.7 Å². The number of thiazole rings is 1. The molecule has 4 nitrogen and oxygen atoms in total. The van der Waals surface area contributed by atoms with Crippen molar-refractivity contribution in [1.29, 1.82) is 0 Å². The molecule has 0 unspecified atom stereocenters. The van der Waals surface area contributed by atoms with E-state index in [2.05, 4.69) is 10.3 Å². The Morgan fingerprint density at radius 2 is 2.16 bits per heavy atom. The summed E-state index contributed by atoms with van der Waals surface area (Å²) in [5.41, 5.74) is 1.79. The number of fused-ring (bicyclic) bond motifs is 1. The van der Waals surface area contributed by atoms with Crippen LogP contribution in [0.4, 0.5) is 5.69 Å². The van der Waals surface area contributed by atoms with Crippen LogP contribution in [0.15, 0.2) is 26.7 Å². The number of hydrogen-bond donors (Lipinski definition) is 1. The van der Waals surface area contributed by atoms with Crippen molar-refractivity contribution in [2.45, 2.75) is 16.2 Å². The molecule has 1 aliphatic heterocycles. The fraction of sp³-hybridized carbons (Fsp3) is 0.0833. The van der Waals surface area contributed by atoms with Crippen LogP contribution in [0.1, 0.15) is 16.1 Å². The van der Waals surface area contributed by atoms with Gasteiger partial charge < -0.3 is 5.32 Å². The zero-order valence-electron chi connectivity index (χ0n) is 9.69. The van der Waals surface area contributed by atoms with Crippen LogP contribution < -0.4 is 5.32 Å². The van der Waals surface area contributed by atoms with Gasteiger partial charge in [0.05, 0.1) is 16.3 Å². The number of nitrogens with one attached hydrogen (secondary N) is 1. The number of ketones is 1. The number of rotatable bonds is 2. The Kier molecular flexibility index (Phi) is 3.08. The van der Waals surface area contributed by atoms with Crippen LogP contribution in [0.5, 0.6) is 0 Å². The van der Waals surface area contributed by atoms with E-state index >= 15 is 0 Å². The van der Waals surface area contributed by atoms with Gasteiger partial charge in [-0.2, -0.15) is 0 Å². The first-order chi connectivity index (χ1) is 9.04. The van der Waals surface area contributed by atoms with Crippen molar-refractivity contribution in [2.75, 3.05) is 5.32 Å². The minimum Gasteiger partial charge on any atom is -0.318 e. The molecule has 0 atom stereocenters. The lowest BCUT2D eigenvalue weighted by Gasteiger charge is -2.04. The van der Waals surface area contributed by atoms with E-state index in [1.54, 1.807) is 6.07 Å².